The number of furan rings is 1. The Morgan fingerprint density at radius 2 is 2.26 bits per heavy atom. The van der Waals surface area contributed by atoms with E-state index in [-0.39, 0.29) is 0 Å². The molecule has 0 aliphatic carbocycles. The first-order chi connectivity index (χ1) is 9.42. The molecule has 90 valence electrons. The molecule has 0 aromatic carbocycles. The van der Waals surface area contributed by atoms with Gasteiger partial charge >= 0.3 is 0 Å². The second-order valence-electron chi connectivity index (χ2n) is 4.62. The molecule has 0 spiro atoms. The molecule has 5 heteroatoms. The molecule has 0 amide bonds. The van der Waals surface area contributed by atoms with E-state index in [1.54, 1.807) is 17.5 Å². The zero-order chi connectivity index (χ0) is 12.4. The van der Waals surface area contributed by atoms with E-state index in [1.807, 2.05) is 18.5 Å². The predicted molar refractivity (Wildman–Crippen MR) is 71.9 cm³/mol. The Hall–Kier alpha value is -2.27. The molecule has 0 atom stereocenters. The highest BCUT2D eigenvalue weighted by atomic mass is 32.1. The van der Waals surface area contributed by atoms with Crippen LogP contribution in [0, 0.1) is 0 Å². The third kappa shape index (κ3) is 1.11. The number of nitrogens with zero attached hydrogens (tertiary/aromatic N) is 3. The van der Waals surface area contributed by atoms with Crippen LogP contribution in [0.1, 0.15) is 5.56 Å². The molecule has 5 rings (SSSR count). The van der Waals surface area contributed by atoms with Crippen LogP contribution in [0.2, 0.25) is 0 Å². The van der Waals surface area contributed by atoms with Crippen molar-refractivity contribution in [2.45, 2.75) is 6.54 Å². The van der Waals surface area contributed by atoms with Crippen LogP contribution in [0.25, 0.3) is 32.1 Å². The number of hydrogen-bond donors (Lipinski definition) is 0. The van der Waals surface area contributed by atoms with Crippen LogP contribution in [0.15, 0.2) is 41.2 Å². The van der Waals surface area contributed by atoms with Gasteiger partial charge in [0.15, 0.2) is 6.54 Å². The lowest BCUT2D eigenvalue weighted by Gasteiger charge is -1.88. The lowest BCUT2D eigenvalue weighted by Crippen LogP contribution is -2.30. The second-order valence-corrected chi connectivity index (χ2v) is 5.58. The number of rotatable bonds is 0. The molecule has 4 aromatic heterocycles. The van der Waals surface area contributed by atoms with E-state index in [0.717, 1.165) is 22.3 Å². The molecule has 5 heterocycles. The normalized spacial score (nSPS) is 13.1. The van der Waals surface area contributed by atoms with Crippen LogP contribution in [-0.2, 0) is 6.54 Å². The zero-order valence-electron chi connectivity index (χ0n) is 9.83. The Labute approximate surface area is 112 Å². The quantitative estimate of drug-likeness (QED) is 0.405. The summed E-state index contributed by atoms with van der Waals surface area (Å²) in [6.45, 7) is 0.863. The third-order valence-electron chi connectivity index (χ3n) is 3.58. The molecule has 0 saturated heterocycles. The van der Waals surface area contributed by atoms with Gasteiger partial charge in [0.05, 0.1) is 5.56 Å². The van der Waals surface area contributed by atoms with Crippen molar-refractivity contribution in [3.8, 4) is 10.6 Å². The van der Waals surface area contributed by atoms with E-state index in [4.69, 9.17) is 4.42 Å². The van der Waals surface area contributed by atoms with Crippen LogP contribution in [0.3, 0.4) is 0 Å². The molecule has 0 N–H and O–H groups in total. The highest BCUT2D eigenvalue weighted by Crippen LogP contribution is 2.38. The molecule has 0 unspecified atom stereocenters. The van der Waals surface area contributed by atoms with E-state index < -0.39 is 0 Å². The number of thiazole rings is 1. The van der Waals surface area contributed by atoms with Gasteiger partial charge < -0.3 is 4.42 Å². The Bertz CT molecular complexity index is 954. The minimum atomic E-state index is 0.716. The van der Waals surface area contributed by atoms with E-state index >= 15 is 0 Å². The topological polar surface area (TPSA) is 42.8 Å². The van der Waals surface area contributed by atoms with Crippen molar-refractivity contribution in [3.05, 3.63) is 42.4 Å². The van der Waals surface area contributed by atoms with Crippen molar-refractivity contribution in [3.63, 3.8) is 0 Å². The van der Waals surface area contributed by atoms with Crippen molar-refractivity contribution >= 4 is 32.8 Å². The molecule has 1 aliphatic heterocycles. The van der Waals surface area contributed by atoms with Crippen molar-refractivity contribution in [1.82, 2.24) is 9.97 Å². The molecule has 0 saturated carbocycles. The van der Waals surface area contributed by atoms with Crippen LogP contribution < -0.4 is 4.57 Å². The molecule has 0 radical (unpaired) electrons. The van der Waals surface area contributed by atoms with Crippen LogP contribution >= 0.6 is 11.3 Å². The van der Waals surface area contributed by atoms with Gasteiger partial charge in [-0.1, -0.05) is 0 Å². The fourth-order valence-corrected chi connectivity index (χ4v) is 3.94. The summed E-state index contributed by atoms with van der Waals surface area (Å²) in [5.41, 5.74) is 4.41. The summed E-state index contributed by atoms with van der Waals surface area (Å²) in [7, 11) is 0. The fourth-order valence-electron chi connectivity index (χ4n) is 2.75. The average Bonchev–Trinajstić information content (AvgIpc) is 3.05. The Kier molecular flexibility index (Phi) is 1.62. The highest BCUT2D eigenvalue weighted by molar-refractivity contribution is 7.20. The molecule has 4 nitrogen and oxygen atoms in total. The van der Waals surface area contributed by atoms with E-state index in [2.05, 4.69) is 26.7 Å². The predicted octanol–water partition coefficient (Wildman–Crippen LogP) is 2.75. The van der Waals surface area contributed by atoms with Crippen LogP contribution in [-0.4, -0.2) is 9.97 Å². The summed E-state index contributed by atoms with van der Waals surface area (Å²) in [5, 5.41) is 2.33. The molecule has 0 bridgehead atoms. The molecule has 19 heavy (non-hydrogen) atoms. The van der Waals surface area contributed by atoms with Gasteiger partial charge in [0.2, 0.25) is 5.71 Å². The van der Waals surface area contributed by atoms with E-state index in [1.165, 1.54) is 16.1 Å². The summed E-state index contributed by atoms with van der Waals surface area (Å²) in [4.78, 5) is 9.43. The van der Waals surface area contributed by atoms with Crippen molar-refractivity contribution in [2.24, 2.45) is 0 Å². The standard InChI is InChI=1S/C14H8N3OS/c1-2-10-11-14(18-12(10)16-4-1)19-13-9-3-5-15-6-8(9)7-17(11)13/h1-6H,7H2/q+1. The van der Waals surface area contributed by atoms with E-state index in [9.17, 15) is 0 Å². The Morgan fingerprint density at radius 1 is 1.26 bits per heavy atom. The van der Waals surface area contributed by atoms with Gasteiger partial charge in [-0.05, 0) is 29.5 Å². The van der Waals surface area contributed by atoms with Gasteiger partial charge in [-0.2, -0.15) is 4.57 Å². The van der Waals surface area contributed by atoms with Crippen LogP contribution in [0.5, 0.6) is 0 Å². The summed E-state index contributed by atoms with van der Waals surface area (Å²) in [5.74, 6) is 0. The monoisotopic (exact) mass is 266 g/mol. The maximum Gasteiger partial charge on any atom is 0.273 e. The maximum absolute atomic E-state index is 5.84. The number of hydrogen-bond acceptors (Lipinski definition) is 4. The van der Waals surface area contributed by atoms with Crippen molar-refractivity contribution in [1.29, 1.82) is 0 Å². The molecular weight excluding hydrogens is 258 g/mol. The fraction of sp³-hybridized carbons (Fsp3) is 0.0714. The first kappa shape index (κ1) is 9.63. The number of pyridine rings is 2. The SMILES string of the molecule is c1cnc2oc3sc4[n+](c3c2c1)Cc1cnccc1-4. The first-order valence-corrected chi connectivity index (χ1v) is 6.86. The van der Waals surface area contributed by atoms with Crippen molar-refractivity contribution < 1.29 is 8.98 Å². The van der Waals surface area contributed by atoms with Gasteiger partial charge in [-0.15, -0.1) is 0 Å². The molecular formula is C14H8N3OS+. The first-order valence-electron chi connectivity index (χ1n) is 6.05. The van der Waals surface area contributed by atoms with Gasteiger partial charge in [0.25, 0.3) is 15.4 Å². The zero-order valence-corrected chi connectivity index (χ0v) is 10.6. The minimum Gasteiger partial charge on any atom is -0.420 e. The van der Waals surface area contributed by atoms with Crippen molar-refractivity contribution in [2.75, 3.05) is 0 Å². The van der Waals surface area contributed by atoms with Gasteiger partial charge in [0, 0.05) is 24.2 Å². The van der Waals surface area contributed by atoms with Gasteiger partial charge in [0.1, 0.15) is 5.39 Å². The summed E-state index contributed by atoms with van der Waals surface area (Å²) in [6.07, 6.45) is 5.55. The second kappa shape index (κ2) is 3.19. The molecule has 4 aromatic rings. The maximum atomic E-state index is 5.84. The Balaban J connectivity index is 1.94. The molecule has 1 aliphatic rings. The minimum absolute atomic E-state index is 0.716. The Morgan fingerprint density at radius 3 is 3.26 bits per heavy atom. The third-order valence-corrected chi connectivity index (χ3v) is 4.67. The highest BCUT2D eigenvalue weighted by Gasteiger charge is 2.34. The largest absolute Gasteiger partial charge is 0.420 e. The van der Waals surface area contributed by atoms with Gasteiger partial charge in [-0.3, -0.25) is 4.98 Å². The number of fused-ring (bicyclic) bond motifs is 7. The summed E-state index contributed by atoms with van der Waals surface area (Å²) >= 11 is 1.68. The summed E-state index contributed by atoms with van der Waals surface area (Å²) in [6, 6.07) is 6.09. The average molecular weight is 266 g/mol. The van der Waals surface area contributed by atoms with E-state index in [0.29, 0.717) is 5.71 Å². The lowest BCUT2D eigenvalue weighted by molar-refractivity contribution is -0.641. The summed E-state index contributed by atoms with van der Waals surface area (Å²) < 4.78 is 8.14. The lowest BCUT2D eigenvalue weighted by atomic mass is 10.2. The van der Waals surface area contributed by atoms with Gasteiger partial charge in [-0.25, -0.2) is 4.98 Å². The van der Waals surface area contributed by atoms with Crippen LogP contribution in [0.4, 0.5) is 0 Å². The number of aromatic nitrogens is 3. The molecule has 0 fully saturated rings. The smallest absolute Gasteiger partial charge is 0.273 e.